The van der Waals surface area contributed by atoms with Crippen molar-refractivity contribution in [2.45, 2.75) is 19.0 Å². The van der Waals surface area contributed by atoms with Gasteiger partial charge in [0.1, 0.15) is 11.4 Å². The predicted molar refractivity (Wildman–Crippen MR) is 135 cm³/mol. The second-order valence-corrected chi connectivity index (χ2v) is 8.46. The van der Waals surface area contributed by atoms with Crippen LogP contribution in [0.4, 0.5) is 20.2 Å². The lowest BCUT2D eigenvalue weighted by atomic mass is 9.95. The highest BCUT2D eigenvalue weighted by Crippen LogP contribution is 2.33. The third-order valence-electron chi connectivity index (χ3n) is 6.28. The third-order valence-corrected chi connectivity index (χ3v) is 6.28. The Balaban J connectivity index is 1.72. The first-order valence-electron chi connectivity index (χ1n) is 11.3. The average molecular weight is 493 g/mol. The second-order valence-electron chi connectivity index (χ2n) is 8.46. The number of benzene rings is 3. The van der Waals surface area contributed by atoms with Gasteiger partial charge in [-0.3, -0.25) is 14.9 Å². The van der Waals surface area contributed by atoms with Crippen molar-refractivity contribution in [2.24, 2.45) is 0 Å². The van der Waals surface area contributed by atoms with E-state index in [4.69, 9.17) is 9.47 Å². The molecule has 0 radical (unpaired) electrons. The summed E-state index contributed by atoms with van der Waals surface area (Å²) in [7, 11) is 4.63. The molecule has 0 aliphatic carbocycles. The molecule has 8 heteroatoms. The quantitative estimate of drug-likeness (QED) is 0.339. The molecule has 0 aromatic heterocycles. The fourth-order valence-corrected chi connectivity index (χ4v) is 4.20. The fourth-order valence-electron chi connectivity index (χ4n) is 4.20. The molecule has 36 heavy (non-hydrogen) atoms. The molecule has 4 rings (SSSR count). The van der Waals surface area contributed by atoms with Gasteiger partial charge in [0.2, 0.25) is 0 Å². The van der Waals surface area contributed by atoms with Crippen molar-refractivity contribution in [1.82, 2.24) is 5.32 Å². The summed E-state index contributed by atoms with van der Waals surface area (Å²) in [6, 6.07) is 18.2. The van der Waals surface area contributed by atoms with E-state index in [2.05, 4.69) is 5.32 Å². The molecule has 1 N–H and O–H groups in total. The van der Waals surface area contributed by atoms with Crippen molar-refractivity contribution in [3.05, 3.63) is 116 Å². The van der Waals surface area contributed by atoms with Crippen LogP contribution in [0.15, 0.2) is 76.3 Å². The van der Waals surface area contributed by atoms with Crippen molar-refractivity contribution in [1.29, 1.82) is 0 Å². The number of methoxy groups -OCH3 is 2. The van der Waals surface area contributed by atoms with Crippen LogP contribution in [0, 0.1) is 11.6 Å². The summed E-state index contributed by atoms with van der Waals surface area (Å²) in [5.41, 5.74) is 2.00. The molecule has 0 saturated carbocycles. The van der Waals surface area contributed by atoms with E-state index in [0.29, 0.717) is 17.0 Å². The van der Waals surface area contributed by atoms with Crippen molar-refractivity contribution >= 4 is 11.4 Å². The monoisotopic (exact) mass is 492 g/mol. The molecule has 0 aliphatic rings. The molecule has 2 unspecified atom stereocenters. The smallest absolute Gasteiger partial charge is 0.272 e. The minimum Gasteiger partial charge on any atom is -0.497 e. The highest BCUT2D eigenvalue weighted by atomic mass is 19.2. The van der Waals surface area contributed by atoms with Gasteiger partial charge in [-0.1, -0.05) is 30.3 Å². The summed E-state index contributed by atoms with van der Waals surface area (Å²) in [6.45, 7) is 1.87. The van der Waals surface area contributed by atoms with Gasteiger partial charge in [-0.2, -0.15) is 0 Å². The van der Waals surface area contributed by atoms with Crippen LogP contribution in [-0.2, 0) is 0 Å². The standard InChI is InChI=1S/C28H26F2N2O4/c1-16(18-10-13-22(29)23(30)15-18)31-24(17-8-11-21(35-3)12-9-17)19-6-5-7-20(14-19)32(2)25-26(33)27(34)28(25)36-4/h5-16,24,31H,1-4H3. The first kappa shape index (κ1) is 25.1. The minimum absolute atomic E-state index is 0.0321. The SMILES string of the molecule is COc1ccc(C(NC(C)c2ccc(F)c(F)c2)c2cccc(N(C)c3c(OC)c(=O)c3=O)c2)cc1. The van der Waals surface area contributed by atoms with Gasteiger partial charge in [0.05, 0.1) is 20.3 Å². The van der Waals surface area contributed by atoms with Crippen LogP contribution in [0.25, 0.3) is 0 Å². The van der Waals surface area contributed by atoms with Gasteiger partial charge in [-0.05, 0) is 60.0 Å². The van der Waals surface area contributed by atoms with Crippen molar-refractivity contribution in [2.75, 3.05) is 26.2 Å². The van der Waals surface area contributed by atoms with E-state index in [1.54, 1.807) is 25.1 Å². The van der Waals surface area contributed by atoms with Gasteiger partial charge in [0, 0.05) is 18.8 Å². The fraction of sp³-hybridized carbons (Fsp3) is 0.214. The van der Waals surface area contributed by atoms with Crippen LogP contribution < -0.4 is 30.5 Å². The summed E-state index contributed by atoms with van der Waals surface area (Å²) in [4.78, 5) is 25.6. The van der Waals surface area contributed by atoms with Gasteiger partial charge in [-0.25, -0.2) is 8.78 Å². The molecule has 0 amide bonds. The second kappa shape index (κ2) is 10.3. The summed E-state index contributed by atoms with van der Waals surface area (Å²) in [6.07, 6.45) is 0. The average Bonchev–Trinajstić information content (AvgIpc) is 2.90. The highest BCUT2D eigenvalue weighted by Gasteiger charge is 2.26. The van der Waals surface area contributed by atoms with Gasteiger partial charge in [0.15, 0.2) is 17.4 Å². The van der Waals surface area contributed by atoms with Gasteiger partial charge in [0.25, 0.3) is 10.9 Å². The Morgan fingerprint density at radius 3 is 2.14 bits per heavy atom. The first-order valence-corrected chi connectivity index (χ1v) is 11.3. The van der Waals surface area contributed by atoms with Crippen LogP contribution in [0.1, 0.15) is 35.7 Å². The number of halogens is 2. The van der Waals surface area contributed by atoms with Gasteiger partial charge < -0.3 is 14.4 Å². The number of hydrogen-bond acceptors (Lipinski definition) is 6. The van der Waals surface area contributed by atoms with E-state index in [1.165, 1.54) is 13.2 Å². The molecule has 0 heterocycles. The Morgan fingerprint density at radius 1 is 0.806 bits per heavy atom. The molecule has 0 fully saturated rings. The number of rotatable bonds is 9. The maximum absolute atomic E-state index is 13.9. The lowest BCUT2D eigenvalue weighted by Gasteiger charge is -2.27. The van der Waals surface area contributed by atoms with Crippen molar-refractivity contribution in [3.8, 4) is 11.5 Å². The Labute approximate surface area is 207 Å². The van der Waals surface area contributed by atoms with Crippen LogP contribution in [0.3, 0.4) is 0 Å². The molecular weight excluding hydrogens is 466 g/mol. The molecule has 186 valence electrons. The van der Waals surface area contributed by atoms with E-state index in [0.717, 1.165) is 17.2 Å². The third kappa shape index (κ3) is 4.72. The van der Waals surface area contributed by atoms with E-state index in [-0.39, 0.29) is 23.5 Å². The summed E-state index contributed by atoms with van der Waals surface area (Å²) in [5, 5.41) is 3.50. The molecular formula is C28H26F2N2O4. The maximum atomic E-state index is 13.9. The lowest BCUT2D eigenvalue weighted by Crippen LogP contribution is -2.38. The molecule has 0 aliphatic heterocycles. The van der Waals surface area contributed by atoms with E-state index in [9.17, 15) is 18.4 Å². The molecule has 4 aromatic carbocycles. The lowest BCUT2D eigenvalue weighted by molar-refractivity contribution is 0.406. The van der Waals surface area contributed by atoms with Crippen LogP contribution in [-0.4, -0.2) is 21.3 Å². The number of anilines is 2. The zero-order chi connectivity index (χ0) is 26.0. The van der Waals surface area contributed by atoms with Crippen LogP contribution >= 0.6 is 0 Å². The van der Waals surface area contributed by atoms with E-state index < -0.39 is 22.5 Å². The Kier molecular flexibility index (Phi) is 7.17. The minimum atomic E-state index is -0.910. The Hall–Kier alpha value is -4.04. The molecule has 0 spiro atoms. The normalized spacial score (nSPS) is 12.8. The summed E-state index contributed by atoms with van der Waals surface area (Å²) < 4.78 is 37.8. The number of hydrogen-bond donors (Lipinski definition) is 1. The van der Waals surface area contributed by atoms with Gasteiger partial charge >= 0.3 is 0 Å². The first-order chi connectivity index (χ1) is 17.2. The van der Waals surface area contributed by atoms with Crippen molar-refractivity contribution in [3.63, 3.8) is 0 Å². The predicted octanol–water partition coefficient (Wildman–Crippen LogP) is 4.79. The molecule has 0 bridgehead atoms. The molecule has 0 saturated heterocycles. The molecule has 6 nitrogen and oxygen atoms in total. The maximum Gasteiger partial charge on any atom is 0.272 e. The Bertz CT molecular complexity index is 1450. The number of nitrogens with one attached hydrogen (secondary N) is 1. The summed E-state index contributed by atoms with van der Waals surface area (Å²) >= 11 is 0. The topological polar surface area (TPSA) is 67.9 Å². The number of ether oxygens (including phenoxy) is 2. The summed E-state index contributed by atoms with van der Waals surface area (Å²) in [5.74, 6) is -1.08. The zero-order valence-electron chi connectivity index (χ0n) is 20.3. The van der Waals surface area contributed by atoms with Gasteiger partial charge in [-0.15, -0.1) is 0 Å². The molecule has 2 atom stereocenters. The highest BCUT2D eigenvalue weighted by molar-refractivity contribution is 5.72. The Morgan fingerprint density at radius 2 is 1.50 bits per heavy atom. The van der Waals surface area contributed by atoms with E-state index in [1.807, 2.05) is 55.5 Å². The largest absolute Gasteiger partial charge is 0.497 e. The van der Waals surface area contributed by atoms with Crippen molar-refractivity contribution < 1.29 is 18.3 Å². The number of nitrogens with zero attached hydrogens (tertiary/aromatic N) is 1. The zero-order valence-corrected chi connectivity index (χ0v) is 20.3. The van der Waals surface area contributed by atoms with E-state index >= 15 is 0 Å². The van der Waals surface area contributed by atoms with Crippen LogP contribution in [0.5, 0.6) is 11.5 Å². The van der Waals surface area contributed by atoms with Crippen LogP contribution in [0.2, 0.25) is 0 Å². The molecule has 4 aromatic rings.